The molecule has 0 radical (unpaired) electrons. The molecular weight excluding hydrogens is 446 g/mol. The van der Waals surface area contributed by atoms with Gasteiger partial charge in [0.15, 0.2) is 0 Å². The van der Waals surface area contributed by atoms with Crippen LogP contribution in [-0.2, 0) is 15.0 Å². The lowest BCUT2D eigenvalue weighted by Gasteiger charge is -2.28. The number of aryl methyl sites for hydroxylation is 1. The van der Waals surface area contributed by atoms with E-state index in [2.05, 4.69) is 20.8 Å². The van der Waals surface area contributed by atoms with Crippen molar-refractivity contribution in [2.75, 3.05) is 4.90 Å². The SMILES string of the molecule is Cc1ccc(/C(O)=C2\C(=O)C(=O)N(c3cccc(Cl)c3C)C2c2ccc(C(C)(C)C)cc2)cc1. The standard InChI is InChI=1S/C29H28ClNO3/c1-17-9-11-20(12-10-17)26(32)24-25(19-13-15-21(16-14-19)29(3,4)5)31(28(34)27(24)33)23-8-6-7-22(30)18(23)2/h6-16,25,32H,1-5H3/b26-24+. The minimum absolute atomic E-state index is 0.0498. The van der Waals surface area contributed by atoms with E-state index >= 15 is 0 Å². The van der Waals surface area contributed by atoms with Crippen molar-refractivity contribution in [3.63, 3.8) is 0 Å². The first-order chi connectivity index (χ1) is 16.0. The van der Waals surface area contributed by atoms with Crippen LogP contribution in [0.4, 0.5) is 5.69 Å². The van der Waals surface area contributed by atoms with Crippen LogP contribution >= 0.6 is 11.6 Å². The van der Waals surface area contributed by atoms with Crippen LogP contribution in [0, 0.1) is 13.8 Å². The highest BCUT2D eigenvalue weighted by Gasteiger charge is 2.47. The first-order valence-corrected chi connectivity index (χ1v) is 11.6. The average Bonchev–Trinajstić information content (AvgIpc) is 3.06. The molecule has 1 atom stereocenters. The lowest BCUT2D eigenvalue weighted by atomic mass is 9.85. The molecule has 1 N–H and O–H groups in total. The van der Waals surface area contributed by atoms with Gasteiger partial charge in [-0.25, -0.2) is 0 Å². The summed E-state index contributed by atoms with van der Waals surface area (Å²) in [6, 6.07) is 19.6. The molecule has 4 nitrogen and oxygen atoms in total. The van der Waals surface area contributed by atoms with Crippen molar-refractivity contribution in [2.45, 2.75) is 46.1 Å². The Morgan fingerprint density at radius 2 is 1.53 bits per heavy atom. The third-order valence-electron chi connectivity index (χ3n) is 6.36. The number of benzene rings is 3. The Kier molecular flexibility index (Phi) is 6.13. The van der Waals surface area contributed by atoms with Crippen LogP contribution in [0.1, 0.15) is 54.6 Å². The van der Waals surface area contributed by atoms with E-state index in [4.69, 9.17) is 11.6 Å². The highest BCUT2D eigenvalue weighted by Crippen LogP contribution is 2.44. The molecule has 1 aliphatic heterocycles. The number of ketones is 1. The monoisotopic (exact) mass is 473 g/mol. The van der Waals surface area contributed by atoms with Gasteiger partial charge < -0.3 is 5.11 Å². The van der Waals surface area contributed by atoms with Gasteiger partial charge in [-0.05, 0) is 48.1 Å². The van der Waals surface area contributed by atoms with E-state index in [0.29, 0.717) is 21.8 Å². The number of Topliss-reactive ketones (excluding diaryl/α,β-unsaturated/α-hetero) is 1. The number of amides is 1. The summed E-state index contributed by atoms with van der Waals surface area (Å²) in [5, 5.41) is 11.8. The van der Waals surface area contributed by atoms with Gasteiger partial charge in [0.2, 0.25) is 0 Å². The number of aliphatic hydroxyl groups excluding tert-OH is 1. The van der Waals surface area contributed by atoms with Gasteiger partial charge in [0.05, 0.1) is 11.6 Å². The Labute approximate surface area is 205 Å². The van der Waals surface area contributed by atoms with E-state index in [9.17, 15) is 14.7 Å². The van der Waals surface area contributed by atoms with E-state index < -0.39 is 17.7 Å². The zero-order valence-corrected chi connectivity index (χ0v) is 20.8. The Morgan fingerprint density at radius 1 is 0.912 bits per heavy atom. The minimum atomic E-state index is -0.785. The largest absolute Gasteiger partial charge is 0.507 e. The lowest BCUT2D eigenvalue weighted by Crippen LogP contribution is -2.30. The van der Waals surface area contributed by atoms with Crippen molar-refractivity contribution in [2.24, 2.45) is 0 Å². The number of hydrogen-bond donors (Lipinski definition) is 1. The maximum Gasteiger partial charge on any atom is 0.300 e. The van der Waals surface area contributed by atoms with E-state index in [-0.39, 0.29) is 16.7 Å². The van der Waals surface area contributed by atoms with Crippen LogP contribution in [0.3, 0.4) is 0 Å². The molecule has 1 saturated heterocycles. The molecule has 1 amide bonds. The molecule has 174 valence electrons. The molecule has 4 rings (SSSR count). The van der Waals surface area contributed by atoms with Crippen molar-refractivity contribution in [1.82, 2.24) is 0 Å². The first kappa shape index (κ1) is 23.8. The van der Waals surface area contributed by atoms with E-state index in [1.807, 2.05) is 50.2 Å². The van der Waals surface area contributed by atoms with E-state index in [0.717, 1.165) is 16.7 Å². The fourth-order valence-electron chi connectivity index (χ4n) is 4.29. The van der Waals surface area contributed by atoms with Crippen LogP contribution in [0.2, 0.25) is 5.02 Å². The average molecular weight is 474 g/mol. The predicted octanol–water partition coefficient (Wildman–Crippen LogP) is 6.88. The fourth-order valence-corrected chi connectivity index (χ4v) is 4.46. The Morgan fingerprint density at radius 3 is 2.12 bits per heavy atom. The van der Waals surface area contributed by atoms with Crippen molar-refractivity contribution < 1.29 is 14.7 Å². The van der Waals surface area contributed by atoms with Gasteiger partial charge in [-0.15, -0.1) is 0 Å². The third-order valence-corrected chi connectivity index (χ3v) is 6.77. The molecule has 0 bridgehead atoms. The Balaban J connectivity index is 1.96. The number of carbonyl (C=O) groups excluding carboxylic acids is 2. The number of nitrogens with zero attached hydrogens (tertiary/aromatic N) is 1. The number of aliphatic hydroxyl groups is 1. The number of rotatable bonds is 3. The normalized spacial score (nSPS) is 17.9. The summed E-state index contributed by atoms with van der Waals surface area (Å²) in [7, 11) is 0. The number of hydrogen-bond acceptors (Lipinski definition) is 3. The maximum atomic E-state index is 13.4. The number of anilines is 1. The van der Waals surface area contributed by atoms with Crippen LogP contribution < -0.4 is 4.90 Å². The molecule has 3 aromatic carbocycles. The quantitative estimate of drug-likeness (QED) is 0.256. The first-order valence-electron chi connectivity index (χ1n) is 11.2. The van der Waals surface area contributed by atoms with Crippen molar-refractivity contribution in [3.05, 3.63) is 105 Å². The zero-order chi connectivity index (χ0) is 24.8. The highest BCUT2D eigenvalue weighted by molar-refractivity contribution is 6.52. The van der Waals surface area contributed by atoms with Crippen molar-refractivity contribution in [3.8, 4) is 0 Å². The lowest BCUT2D eigenvalue weighted by molar-refractivity contribution is -0.132. The van der Waals surface area contributed by atoms with E-state index in [1.165, 1.54) is 4.90 Å². The summed E-state index contributed by atoms with van der Waals surface area (Å²) < 4.78 is 0. The van der Waals surface area contributed by atoms with Crippen LogP contribution in [0.5, 0.6) is 0 Å². The third kappa shape index (κ3) is 4.14. The van der Waals surface area contributed by atoms with Crippen LogP contribution in [0.25, 0.3) is 5.76 Å². The number of carbonyl (C=O) groups is 2. The summed E-state index contributed by atoms with van der Waals surface area (Å²) in [6.07, 6.45) is 0. The molecule has 1 aliphatic rings. The van der Waals surface area contributed by atoms with Gasteiger partial charge in [0, 0.05) is 16.3 Å². The van der Waals surface area contributed by atoms with Crippen molar-refractivity contribution >= 4 is 34.7 Å². The Bertz CT molecular complexity index is 1300. The molecule has 3 aromatic rings. The summed E-state index contributed by atoms with van der Waals surface area (Å²) in [5.74, 6) is -1.60. The van der Waals surface area contributed by atoms with Gasteiger partial charge >= 0.3 is 0 Å². The predicted molar refractivity (Wildman–Crippen MR) is 137 cm³/mol. The molecule has 0 aromatic heterocycles. The molecule has 5 heteroatoms. The number of halogens is 1. The second-order valence-corrected chi connectivity index (χ2v) is 10.2. The van der Waals surface area contributed by atoms with Crippen LogP contribution in [-0.4, -0.2) is 16.8 Å². The molecule has 1 fully saturated rings. The summed E-state index contributed by atoms with van der Waals surface area (Å²) in [6.45, 7) is 10.1. The zero-order valence-electron chi connectivity index (χ0n) is 20.0. The fraction of sp³-hybridized carbons (Fsp3) is 0.241. The van der Waals surface area contributed by atoms with Gasteiger partial charge in [-0.2, -0.15) is 0 Å². The highest BCUT2D eigenvalue weighted by atomic mass is 35.5. The molecule has 0 spiro atoms. The van der Waals surface area contributed by atoms with Gasteiger partial charge in [-0.3, -0.25) is 14.5 Å². The second kappa shape index (κ2) is 8.77. The second-order valence-electron chi connectivity index (χ2n) is 9.79. The molecule has 0 aliphatic carbocycles. The van der Waals surface area contributed by atoms with Crippen LogP contribution in [0.15, 0.2) is 72.3 Å². The van der Waals surface area contributed by atoms with Gasteiger partial charge in [0.1, 0.15) is 5.76 Å². The Hall–Kier alpha value is -3.37. The summed E-state index contributed by atoms with van der Waals surface area (Å²) in [5.41, 5.74) is 4.64. The molecule has 1 heterocycles. The van der Waals surface area contributed by atoms with Crippen molar-refractivity contribution in [1.29, 1.82) is 0 Å². The molecular formula is C29H28ClNO3. The summed E-state index contributed by atoms with van der Waals surface area (Å²) >= 11 is 6.37. The topological polar surface area (TPSA) is 57.6 Å². The van der Waals surface area contributed by atoms with E-state index in [1.54, 1.807) is 30.3 Å². The smallest absolute Gasteiger partial charge is 0.300 e. The summed E-state index contributed by atoms with van der Waals surface area (Å²) in [4.78, 5) is 28.2. The maximum absolute atomic E-state index is 13.4. The minimum Gasteiger partial charge on any atom is -0.507 e. The molecule has 0 saturated carbocycles. The van der Waals surface area contributed by atoms with Gasteiger partial charge in [-0.1, -0.05) is 92.5 Å². The molecule has 1 unspecified atom stereocenters. The molecule has 34 heavy (non-hydrogen) atoms. The van der Waals surface area contributed by atoms with Gasteiger partial charge in [0.25, 0.3) is 11.7 Å².